The third-order valence-corrected chi connectivity index (χ3v) is 4.20. The van der Waals surface area contributed by atoms with Crippen LogP contribution in [0.2, 0.25) is 0 Å². The molecule has 0 heterocycles. The maximum atomic E-state index is 13.3. The molecule has 2 nitrogen and oxygen atoms in total. The predicted octanol–water partition coefficient (Wildman–Crippen LogP) is 4.80. The molecule has 0 aliphatic heterocycles. The third kappa shape index (κ3) is 4.54. The third-order valence-electron chi connectivity index (χ3n) is 4.20. The zero-order valence-electron chi connectivity index (χ0n) is 14.2. The normalized spacial score (nSPS) is 10.7. The molecule has 0 unspecified atom stereocenters. The lowest BCUT2D eigenvalue weighted by Gasteiger charge is -2.20. The molecule has 0 spiro atoms. The molecule has 132 valence electrons. The van der Waals surface area contributed by atoms with Crippen molar-refractivity contribution >= 4 is 5.91 Å². The van der Waals surface area contributed by atoms with Gasteiger partial charge in [-0.1, -0.05) is 66.7 Å². The minimum Gasteiger partial charge on any atom is -0.345 e. The predicted molar refractivity (Wildman–Crippen MR) is 97.5 cm³/mol. The van der Waals surface area contributed by atoms with E-state index in [0.717, 1.165) is 23.3 Å². The molecule has 1 N–H and O–H groups in total. The zero-order valence-corrected chi connectivity index (χ0v) is 14.2. The average molecular weight is 351 g/mol. The molecule has 26 heavy (non-hydrogen) atoms. The molecule has 0 atom stereocenters. The summed E-state index contributed by atoms with van der Waals surface area (Å²) >= 11 is 0. The van der Waals surface area contributed by atoms with Crippen LogP contribution in [0.25, 0.3) is 0 Å². The lowest BCUT2D eigenvalue weighted by Crippen LogP contribution is -2.29. The smallest absolute Gasteiger partial charge is 0.221 e. The van der Waals surface area contributed by atoms with Gasteiger partial charge < -0.3 is 5.32 Å². The molecule has 3 rings (SSSR count). The summed E-state index contributed by atoms with van der Waals surface area (Å²) in [5, 5.41) is 3.04. The Hall–Kier alpha value is -3.01. The molecule has 0 saturated heterocycles. The number of rotatable bonds is 6. The molecule has 3 aromatic carbocycles. The van der Waals surface area contributed by atoms with E-state index in [1.807, 2.05) is 60.7 Å². The number of hydrogen-bond donors (Lipinski definition) is 1. The number of hydrogen-bond acceptors (Lipinski definition) is 1. The van der Waals surface area contributed by atoms with E-state index in [4.69, 9.17) is 0 Å². The summed E-state index contributed by atoms with van der Waals surface area (Å²) in [5.41, 5.74) is 2.56. The van der Waals surface area contributed by atoms with Crippen LogP contribution in [0, 0.1) is 11.6 Å². The van der Waals surface area contributed by atoms with Gasteiger partial charge in [-0.05, 0) is 35.2 Å². The van der Waals surface area contributed by atoms with Crippen LogP contribution in [0.1, 0.15) is 29.2 Å². The number of amides is 1. The van der Waals surface area contributed by atoms with Gasteiger partial charge in [-0.3, -0.25) is 4.79 Å². The topological polar surface area (TPSA) is 29.1 Å². The van der Waals surface area contributed by atoms with Crippen molar-refractivity contribution in [1.29, 1.82) is 0 Å². The van der Waals surface area contributed by atoms with Gasteiger partial charge >= 0.3 is 0 Å². The lowest BCUT2D eigenvalue weighted by atomic mass is 9.98. The molecule has 4 heteroatoms. The van der Waals surface area contributed by atoms with Crippen LogP contribution in [0.3, 0.4) is 0 Å². The SMILES string of the molecule is O=C(CCc1ccc(F)c(F)c1)NC(c1ccccc1)c1ccccc1. The molecule has 3 aromatic rings. The van der Waals surface area contributed by atoms with Gasteiger partial charge in [0.05, 0.1) is 6.04 Å². The summed E-state index contributed by atoms with van der Waals surface area (Å²) in [6, 6.07) is 22.9. The molecule has 1 amide bonds. The van der Waals surface area contributed by atoms with E-state index >= 15 is 0 Å². The first-order valence-electron chi connectivity index (χ1n) is 8.46. The second-order valence-electron chi connectivity index (χ2n) is 6.07. The van der Waals surface area contributed by atoms with Crippen molar-refractivity contribution in [2.45, 2.75) is 18.9 Å². The average Bonchev–Trinajstić information content (AvgIpc) is 2.68. The number of nitrogens with one attached hydrogen (secondary N) is 1. The van der Waals surface area contributed by atoms with Crippen LogP contribution in [0.4, 0.5) is 8.78 Å². The van der Waals surface area contributed by atoms with E-state index in [1.54, 1.807) is 0 Å². The number of carbonyl (C=O) groups excluding carboxylic acids is 1. The fourth-order valence-corrected chi connectivity index (χ4v) is 2.84. The van der Waals surface area contributed by atoms with Crippen LogP contribution in [-0.4, -0.2) is 5.91 Å². The van der Waals surface area contributed by atoms with Crippen molar-refractivity contribution in [3.63, 3.8) is 0 Å². The minimum atomic E-state index is -0.894. The summed E-state index contributed by atoms with van der Waals surface area (Å²) in [6.07, 6.45) is 0.542. The molecule has 0 fully saturated rings. The quantitative estimate of drug-likeness (QED) is 0.679. The first-order valence-corrected chi connectivity index (χ1v) is 8.46. The highest BCUT2D eigenvalue weighted by Gasteiger charge is 2.16. The molecular formula is C22H19F2NO. The van der Waals surface area contributed by atoms with E-state index in [0.29, 0.717) is 12.0 Å². The van der Waals surface area contributed by atoms with Crippen molar-refractivity contribution in [3.8, 4) is 0 Å². The van der Waals surface area contributed by atoms with E-state index in [2.05, 4.69) is 5.32 Å². The molecule has 0 bridgehead atoms. The Morgan fingerprint density at radius 1 is 0.808 bits per heavy atom. The van der Waals surface area contributed by atoms with E-state index < -0.39 is 11.6 Å². The summed E-state index contributed by atoms with van der Waals surface area (Å²) in [5.74, 6) is -1.92. The fourth-order valence-electron chi connectivity index (χ4n) is 2.84. The van der Waals surface area contributed by atoms with E-state index in [9.17, 15) is 13.6 Å². The van der Waals surface area contributed by atoms with Gasteiger partial charge in [0.1, 0.15) is 0 Å². The molecule has 0 aliphatic carbocycles. The highest BCUT2D eigenvalue weighted by Crippen LogP contribution is 2.22. The molecule has 0 radical (unpaired) electrons. The Kier molecular flexibility index (Phi) is 5.74. The van der Waals surface area contributed by atoms with Gasteiger partial charge in [0.2, 0.25) is 5.91 Å². The summed E-state index contributed by atoms with van der Waals surface area (Å²) in [7, 11) is 0. The van der Waals surface area contributed by atoms with Gasteiger partial charge in [0, 0.05) is 6.42 Å². The van der Waals surface area contributed by atoms with Crippen molar-refractivity contribution in [1.82, 2.24) is 5.32 Å². The maximum Gasteiger partial charge on any atom is 0.221 e. The Morgan fingerprint density at radius 2 is 1.38 bits per heavy atom. The van der Waals surface area contributed by atoms with Gasteiger partial charge in [-0.25, -0.2) is 8.78 Å². The molecule has 0 aliphatic rings. The molecule has 0 saturated carbocycles. The molecule has 0 aromatic heterocycles. The minimum absolute atomic E-state index is 0.146. The lowest BCUT2D eigenvalue weighted by molar-refractivity contribution is -0.121. The Bertz CT molecular complexity index is 826. The van der Waals surface area contributed by atoms with Crippen LogP contribution in [0.15, 0.2) is 78.9 Å². The van der Waals surface area contributed by atoms with Crippen LogP contribution >= 0.6 is 0 Å². The standard InChI is InChI=1S/C22H19F2NO/c23-19-13-11-16(15-20(19)24)12-14-21(26)25-22(17-7-3-1-4-8-17)18-9-5-2-6-10-18/h1-11,13,15,22H,12,14H2,(H,25,26). The van der Waals surface area contributed by atoms with Gasteiger partial charge in [0.25, 0.3) is 0 Å². The van der Waals surface area contributed by atoms with Crippen LogP contribution in [-0.2, 0) is 11.2 Å². The van der Waals surface area contributed by atoms with Crippen LogP contribution < -0.4 is 5.32 Å². The number of carbonyl (C=O) groups is 1. The Labute approximate surface area is 151 Å². The van der Waals surface area contributed by atoms with Gasteiger partial charge in [-0.2, -0.15) is 0 Å². The Morgan fingerprint density at radius 3 is 1.92 bits per heavy atom. The first-order chi connectivity index (χ1) is 12.6. The maximum absolute atomic E-state index is 13.3. The zero-order chi connectivity index (χ0) is 18.4. The summed E-state index contributed by atoms with van der Waals surface area (Å²) in [4.78, 5) is 12.4. The monoisotopic (exact) mass is 351 g/mol. The van der Waals surface area contributed by atoms with Crippen LogP contribution in [0.5, 0.6) is 0 Å². The van der Waals surface area contributed by atoms with E-state index in [-0.39, 0.29) is 18.4 Å². The van der Waals surface area contributed by atoms with Crippen molar-refractivity contribution < 1.29 is 13.6 Å². The van der Waals surface area contributed by atoms with E-state index in [1.165, 1.54) is 6.07 Å². The van der Waals surface area contributed by atoms with Gasteiger partial charge in [0.15, 0.2) is 11.6 Å². The second-order valence-corrected chi connectivity index (χ2v) is 6.07. The first kappa shape index (κ1) is 17.8. The Balaban J connectivity index is 1.70. The highest BCUT2D eigenvalue weighted by atomic mass is 19.2. The fraction of sp³-hybridized carbons (Fsp3) is 0.136. The van der Waals surface area contributed by atoms with Crippen molar-refractivity contribution in [2.75, 3.05) is 0 Å². The van der Waals surface area contributed by atoms with Crippen molar-refractivity contribution in [2.24, 2.45) is 0 Å². The highest BCUT2D eigenvalue weighted by molar-refractivity contribution is 5.77. The number of benzene rings is 3. The largest absolute Gasteiger partial charge is 0.345 e. The van der Waals surface area contributed by atoms with Crippen molar-refractivity contribution in [3.05, 3.63) is 107 Å². The van der Waals surface area contributed by atoms with Gasteiger partial charge in [-0.15, -0.1) is 0 Å². The molecular weight excluding hydrogens is 332 g/mol. The number of halogens is 2. The number of aryl methyl sites for hydroxylation is 1. The second kappa shape index (κ2) is 8.39. The summed E-state index contributed by atoms with van der Waals surface area (Å²) < 4.78 is 26.3. The summed E-state index contributed by atoms with van der Waals surface area (Å²) in [6.45, 7) is 0.